The van der Waals surface area contributed by atoms with Gasteiger partial charge in [-0.2, -0.15) is 0 Å². The van der Waals surface area contributed by atoms with Gasteiger partial charge in [0.2, 0.25) is 11.1 Å². The Kier molecular flexibility index (Phi) is 6.03. The number of amides is 1. The lowest BCUT2D eigenvalue weighted by atomic mass is 10.1. The summed E-state index contributed by atoms with van der Waals surface area (Å²) in [6.45, 7) is 2.60. The Morgan fingerprint density at radius 3 is 2.67 bits per heavy atom. The highest BCUT2D eigenvalue weighted by Crippen LogP contribution is 2.24. The number of halogens is 1. The molecule has 0 atom stereocenters. The summed E-state index contributed by atoms with van der Waals surface area (Å²) in [6.07, 6.45) is 0. The Morgan fingerprint density at radius 2 is 1.96 bits per heavy atom. The lowest BCUT2D eigenvalue weighted by Crippen LogP contribution is -2.28. The Hall–Kier alpha value is -2.51. The minimum Gasteiger partial charge on any atom is -0.341 e. The van der Waals surface area contributed by atoms with Gasteiger partial charge in [0.15, 0.2) is 5.82 Å². The lowest BCUT2D eigenvalue weighted by molar-refractivity contribution is -0.127. The summed E-state index contributed by atoms with van der Waals surface area (Å²) in [5, 5.41) is 9.26. The number of carbonyl (C=O) groups excluding carboxylic acids is 1. The molecule has 6 nitrogen and oxygen atoms in total. The first-order valence-corrected chi connectivity index (χ1v) is 9.69. The van der Waals surface area contributed by atoms with Crippen LogP contribution in [0.1, 0.15) is 11.1 Å². The molecule has 0 radical (unpaired) electrons. The second-order valence-corrected chi connectivity index (χ2v) is 7.59. The van der Waals surface area contributed by atoms with Gasteiger partial charge in [-0.1, -0.05) is 65.3 Å². The summed E-state index contributed by atoms with van der Waals surface area (Å²) in [4.78, 5) is 14.1. The number of thioether (sulfide) groups is 1. The fraction of sp³-hybridized carbons (Fsp3) is 0.211. The van der Waals surface area contributed by atoms with Gasteiger partial charge in [-0.3, -0.25) is 4.79 Å². The molecule has 0 spiro atoms. The quantitative estimate of drug-likeness (QED) is 0.506. The molecule has 0 bridgehead atoms. The molecular weight excluding hydrogens is 382 g/mol. The van der Waals surface area contributed by atoms with E-state index in [-0.39, 0.29) is 11.7 Å². The number of aryl methyl sites for hydroxylation is 1. The van der Waals surface area contributed by atoms with Gasteiger partial charge in [-0.05, 0) is 24.6 Å². The van der Waals surface area contributed by atoms with Crippen LogP contribution in [0.2, 0.25) is 5.02 Å². The van der Waals surface area contributed by atoms with Crippen LogP contribution in [0.4, 0.5) is 0 Å². The topological polar surface area (TPSA) is 77.0 Å². The number of benzene rings is 2. The Morgan fingerprint density at radius 1 is 1.22 bits per heavy atom. The van der Waals surface area contributed by atoms with Gasteiger partial charge in [-0.15, -0.1) is 10.2 Å². The number of rotatable bonds is 6. The van der Waals surface area contributed by atoms with E-state index < -0.39 is 0 Å². The fourth-order valence-corrected chi connectivity index (χ4v) is 3.48. The zero-order valence-electron chi connectivity index (χ0n) is 15.1. The van der Waals surface area contributed by atoms with Gasteiger partial charge in [0, 0.05) is 24.2 Å². The minimum absolute atomic E-state index is 0.00659. The number of hydrogen-bond acceptors (Lipinski definition) is 5. The highest BCUT2D eigenvalue weighted by atomic mass is 35.5. The van der Waals surface area contributed by atoms with Crippen LogP contribution in [0.25, 0.3) is 11.4 Å². The molecule has 27 heavy (non-hydrogen) atoms. The molecule has 1 aromatic heterocycles. The lowest BCUT2D eigenvalue weighted by Gasteiger charge is -2.17. The molecule has 0 aliphatic carbocycles. The van der Waals surface area contributed by atoms with E-state index in [1.165, 1.54) is 22.0 Å². The first-order valence-electron chi connectivity index (χ1n) is 8.33. The summed E-state index contributed by atoms with van der Waals surface area (Å²) in [7, 11) is 1.79. The van der Waals surface area contributed by atoms with Crippen molar-refractivity contribution in [1.29, 1.82) is 0 Å². The van der Waals surface area contributed by atoms with E-state index >= 15 is 0 Å². The number of hydrogen-bond donors (Lipinski definition) is 1. The summed E-state index contributed by atoms with van der Waals surface area (Å²) in [5.74, 6) is 6.81. The van der Waals surface area contributed by atoms with Gasteiger partial charge in [0.05, 0.1) is 5.75 Å². The van der Waals surface area contributed by atoms with Crippen LogP contribution in [0, 0.1) is 6.92 Å². The molecular formula is C19H20ClN5OS. The van der Waals surface area contributed by atoms with Crippen LogP contribution in [0.15, 0.2) is 53.7 Å². The molecule has 0 unspecified atom stereocenters. The Balaban J connectivity index is 1.61. The van der Waals surface area contributed by atoms with Gasteiger partial charge < -0.3 is 10.7 Å². The average Bonchev–Trinajstić information content (AvgIpc) is 3.02. The van der Waals surface area contributed by atoms with E-state index in [1.54, 1.807) is 24.1 Å². The Bertz CT molecular complexity index is 942. The smallest absolute Gasteiger partial charge is 0.233 e. The zero-order valence-corrected chi connectivity index (χ0v) is 16.7. The monoisotopic (exact) mass is 401 g/mol. The van der Waals surface area contributed by atoms with E-state index in [0.29, 0.717) is 22.5 Å². The molecule has 2 N–H and O–H groups in total. The fourth-order valence-electron chi connectivity index (χ4n) is 2.49. The van der Waals surface area contributed by atoms with E-state index in [0.717, 1.165) is 11.1 Å². The SMILES string of the molecule is Cc1ccc(CN(C)C(=O)CSc2nnc(-c3cccc(Cl)c3)n2N)cc1. The van der Waals surface area contributed by atoms with Gasteiger partial charge >= 0.3 is 0 Å². The van der Waals surface area contributed by atoms with E-state index in [1.807, 2.05) is 43.3 Å². The van der Waals surface area contributed by atoms with E-state index in [4.69, 9.17) is 17.4 Å². The molecule has 0 fully saturated rings. The molecule has 1 heterocycles. The average molecular weight is 402 g/mol. The van der Waals surface area contributed by atoms with Crippen molar-refractivity contribution in [2.45, 2.75) is 18.6 Å². The first-order chi connectivity index (χ1) is 12.9. The second-order valence-electron chi connectivity index (χ2n) is 6.21. The number of aromatic nitrogens is 3. The first kappa shape index (κ1) is 19.3. The van der Waals surface area contributed by atoms with Gasteiger partial charge in [-0.25, -0.2) is 4.68 Å². The number of carbonyl (C=O) groups is 1. The predicted octanol–water partition coefficient (Wildman–Crippen LogP) is 3.37. The largest absolute Gasteiger partial charge is 0.341 e. The normalized spacial score (nSPS) is 10.8. The molecule has 2 aromatic carbocycles. The maximum atomic E-state index is 12.4. The van der Waals surface area contributed by atoms with E-state index in [9.17, 15) is 4.79 Å². The Labute approximate surface area is 167 Å². The van der Waals surface area contributed by atoms with Crippen molar-refractivity contribution in [2.75, 3.05) is 18.6 Å². The van der Waals surface area contributed by atoms with Crippen LogP contribution >= 0.6 is 23.4 Å². The summed E-state index contributed by atoms with van der Waals surface area (Å²) < 4.78 is 1.38. The standard InChI is InChI=1S/C19H20ClN5OS/c1-13-6-8-14(9-7-13)11-24(2)17(26)12-27-19-23-22-18(25(19)21)15-4-3-5-16(20)10-15/h3-10H,11-12,21H2,1-2H3. The second kappa shape index (κ2) is 8.45. The van der Waals surface area contributed by atoms with Crippen molar-refractivity contribution >= 4 is 29.3 Å². The van der Waals surface area contributed by atoms with Crippen LogP contribution in [-0.4, -0.2) is 38.5 Å². The summed E-state index contributed by atoms with van der Waals surface area (Å²) in [5.41, 5.74) is 3.06. The van der Waals surface area contributed by atoms with Crippen molar-refractivity contribution < 1.29 is 4.79 Å². The number of nitrogens with zero attached hydrogens (tertiary/aromatic N) is 4. The third-order valence-corrected chi connectivity index (χ3v) is 5.20. The third kappa shape index (κ3) is 4.81. The van der Waals surface area contributed by atoms with Crippen LogP contribution in [-0.2, 0) is 11.3 Å². The molecule has 140 valence electrons. The number of nitrogen functional groups attached to an aromatic ring is 1. The van der Waals surface area contributed by atoms with Crippen molar-refractivity contribution in [2.24, 2.45) is 0 Å². The zero-order chi connectivity index (χ0) is 19.4. The maximum absolute atomic E-state index is 12.4. The molecule has 1 amide bonds. The molecule has 3 rings (SSSR count). The van der Waals surface area contributed by atoms with E-state index in [2.05, 4.69) is 10.2 Å². The molecule has 0 aliphatic heterocycles. The maximum Gasteiger partial charge on any atom is 0.233 e. The summed E-state index contributed by atoms with van der Waals surface area (Å²) >= 11 is 7.27. The molecule has 8 heteroatoms. The highest BCUT2D eigenvalue weighted by Gasteiger charge is 2.16. The molecule has 0 saturated heterocycles. The summed E-state index contributed by atoms with van der Waals surface area (Å²) in [6, 6.07) is 15.4. The molecule has 0 aliphatic rings. The van der Waals surface area contributed by atoms with Crippen molar-refractivity contribution in [3.8, 4) is 11.4 Å². The highest BCUT2D eigenvalue weighted by molar-refractivity contribution is 7.99. The molecule has 0 saturated carbocycles. The van der Waals surface area contributed by atoms with Crippen LogP contribution in [0.3, 0.4) is 0 Å². The predicted molar refractivity (Wildman–Crippen MR) is 109 cm³/mol. The van der Waals surface area contributed by atoms with Crippen molar-refractivity contribution in [3.05, 3.63) is 64.7 Å². The van der Waals surface area contributed by atoms with Crippen LogP contribution < -0.4 is 5.84 Å². The van der Waals surface area contributed by atoms with Crippen LogP contribution in [0.5, 0.6) is 0 Å². The molecule has 3 aromatic rings. The van der Waals surface area contributed by atoms with Crippen molar-refractivity contribution in [3.63, 3.8) is 0 Å². The van der Waals surface area contributed by atoms with Gasteiger partial charge in [0.1, 0.15) is 0 Å². The van der Waals surface area contributed by atoms with Gasteiger partial charge in [0.25, 0.3) is 0 Å². The third-order valence-electron chi connectivity index (χ3n) is 4.04. The van der Waals surface area contributed by atoms with Crippen molar-refractivity contribution in [1.82, 2.24) is 19.8 Å². The number of nitrogens with two attached hydrogens (primary N) is 1. The minimum atomic E-state index is -0.00659.